The van der Waals surface area contributed by atoms with E-state index >= 15 is 0 Å². The SMILES string of the molecule is CC(C)C[C@H](NC(=O)N1CCC(C)(O)C1)C(=O)O. The molecule has 1 heterocycles. The molecule has 3 N–H and O–H groups in total. The molecule has 0 bridgehead atoms. The summed E-state index contributed by atoms with van der Waals surface area (Å²) in [7, 11) is 0. The molecule has 0 radical (unpaired) electrons. The lowest BCUT2D eigenvalue weighted by Crippen LogP contribution is -2.48. The van der Waals surface area contributed by atoms with Gasteiger partial charge in [0.1, 0.15) is 6.04 Å². The number of likely N-dealkylation sites (tertiary alicyclic amines) is 1. The highest BCUT2D eigenvalue weighted by Crippen LogP contribution is 2.20. The molecule has 104 valence electrons. The van der Waals surface area contributed by atoms with E-state index in [4.69, 9.17) is 5.11 Å². The second-order valence-corrected chi connectivity index (χ2v) is 5.64. The van der Waals surface area contributed by atoms with Gasteiger partial charge in [0.05, 0.1) is 12.1 Å². The molecule has 6 nitrogen and oxygen atoms in total. The van der Waals surface area contributed by atoms with Gasteiger partial charge in [0.2, 0.25) is 0 Å². The summed E-state index contributed by atoms with van der Waals surface area (Å²) >= 11 is 0. The maximum atomic E-state index is 11.9. The summed E-state index contributed by atoms with van der Waals surface area (Å²) in [4.78, 5) is 24.4. The first-order valence-electron chi connectivity index (χ1n) is 6.22. The minimum Gasteiger partial charge on any atom is -0.480 e. The maximum absolute atomic E-state index is 11.9. The van der Waals surface area contributed by atoms with Gasteiger partial charge in [-0.25, -0.2) is 9.59 Å². The van der Waals surface area contributed by atoms with Gasteiger partial charge < -0.3 is 20.4 Å². The van der Waals surface area contributed by atoms with E-state index in [2.05, 4.69) is 5.32 Å². The number of nitrogens with one attached hydrogen (secondary N) is 1. The van der Waals surface area contributed by atoms with Crippen molar-refractivity contribution in [1.82, 2.24) is 10.2 Å². The Labute approximate surface area is 107 Å². The molecule has 18 heavy (non-hydrogen) atoms. The number of aliphatic hydroxyl groups is 1. The minimum absolute atomic E-state index is 0.188. The standard InChI is InChI=1S/C12H22N2O4/c1-8(2)6-9(10(15)16)13-11(17)14-5-4-12(3,18)7-14/h8-9,18H,4-7H2,1-3H3,(H,13,17)(H,15,16)/t9-,12?/m0/s1. The normalized spacial score (nSPS) is 25.3. The van der Waals surface area contributed by atoms with Crippen LogP contribution in [0.15, 0.2) is 0 Å². The van der Waals surface area contributed by atoms with Gasteiger partial charge in [-0.3, -0.25) is 0 Å². The smallest absolute Gasteiger partial charge is 0.326 e. The minimum atomic E-state index is -1.02. The zero-order valence-electron chi connectivity index (χ0n) is 11.1. The molecule has 1 aliphatic rings. The van der Waals surface area contributed by atoms with Crippen LogP contribution in [-0.4, -0.2) is 51.8 Å². The molecule has 1 unspecified atom stereocenters. The van der Waals surface area contributed by atoms with E-state index in [0.29, 0.717) is 19.4 Å². The Bertz CT molecular complexity index is 328. The number of urea groups is 1. The number of hydrogen-bond donors (Lipinski definition) is 3. The van der Waals surface area contributed by atoms with E-state index in [1.807, 2.05) is 13.8 Å². The third-order valence-corrected chi connectivity index (χ3v) is 3.04. The van der Waals surface area contributed by atoms with Crippen LogP contribution in [0.1, 0.15) is 33.6 Å². The van der Waals surface area contributed by atoms with E-state index < -0.39 is 23.6 Å². The van der Waals surface area contributed by atoms with Gasteiger partial charge in [-0.05, 0) is 25.7 Å². The zero-order chi connectivity index (χ0) is 13.9. The fourth-order valence-corrected chi connectivity index (χ4v) is 2.05. The lowest BCUT2D eigenvalue weighted by molar-refractivity contribution is -0.139. The molecule has 2 atom stereocenters. The fraction of sp³-hybridized carbons (Fsp3) is 0.833. The average Bonchev–Trinajstić information content (AvgIpc) is 2.57. The van der Waals surface area contributed by atoms with Crippen molar-refractivity contribution < 1.29 is 19.8 Å². The Balaban J connectivity index is 2.54. The number of rotatable bonds is 4. The number of aliphatic carboxylic acids is 1. The molecule has 1 saturated heterocycles. The van der Waals surface area contributed by atoms with Gasteiger partial charge in [-0.1, -0.05) is 13.8 Å². The molecule has 0 saturated carbocycles. The Kier molecular flexibility index (Phi) is 4.56. The summed E-state index contributed by atoms with van der Waals surface area (Å²) in [6, 6.07) is -1.29. The predicted molar refractivity (Wildman–Crippen MR) is 66.2 cm³/mol. The monoisotopic (exact) mass is 258 g/mol. The molecule has 0 spiro atoms. The first kappa shape index (κ1) is 14.8. The number of hydrogen-bond acceptors (Lipinski definition) is 3. The summed E-state index contributed by atoms with van der Waals surface area (Å²) in [5.41, 5.74) is -0.867. The number of β-amino-alcohol motifs (C(OH)–C–C–N with tert-alkyl or cyclic N) is 1. The quantitative estimate of drug-likeness (QED) is 0.690. The van der Waals surface area contributed by atoms with E-state index in [9.17, 15) is 14.7 Å². The topological polar surface area (TPSA) is 89.9 Å². The van der Waals surface area contributed by atoms with Crippen LogP contribution in [-0.2, 0) is 4.79 Å². The molecule has 1 fully saturated rings. The number of nitrogens with zero attached hydrogens (tertiary/aromatic N) is 1. The second-order valence-electron chi connectivity index (χ2n) is 5.64. The van der Waals surface area contributed by atoms with Crippen LogP contribution in [0.25, 0.3) is 0 Å². The maximum Gasteiger partial charge on any atom is 0.326 e. The van der Waals surface area contributed by atoms with Crippen molar-refractivity contribution in [2.75, 3.05) is 13.1 Å². The van der Waals surface area contributed by atoms with Gasteiger partial charge in [-0.15, -0.1) is 0 Å². The van der Waals surface area contributed by atoms with Crippen LogP contribution in [0.2, 0.25) is 0 Å². The summed E-state index contributed by atoms with van der Waals surface area (Å²) in [5.74, 6) is -0.837. The van der Waals surface area contributed by atoms with Gasteiger partial charge in [0, 0.05) is 6.54 Å². The molecule has 0 aromatic rings. The molecular formula is C12H22N2O4. The highest BCUT2D eigenvalue weighted by molar-refractivity contribution is 5.82. The Hall–Kier alpha value is -1.30. The largest absolute Gasteiger partial charge is 0.480 e. The van der Waals surface area contributed by atoms with Crippen molar-refractivity contribution in [3.8, 4) is 0 Å². The first-order valence-corrected chi connectivity index (χ1v) is 6.22. The van der Waals surface area contributed by atoms with Gasteiger partial charge in [0.15, 0.2) is 0 Å². The van der Waals surface area contributed by atoms with Crippen molar-refractivity contribution in [3.63, 3.8) is 0 Å². The van der Waals surface area contributed by atoms with E-state index in [1.54, 1.807) is 6.92 Å². The van der Waals surface area contributed by atoms with Crippen molar-refractivity contribution in [2.24, 2.45) is 5.92 Å². The molecule has 0 aromatic heterocycles. The van der Waals surface area contributed by atoms with Crippen LogP contribution in [0, 0.1) is 5.92 Å². The number of carbonyl (C=O) groups is 2. The lowest BCUT2D eigenvalue weighted by atomic mass is 10.0. The number of carbonyl (C=O) groups excluding carboxylic acids is 1. The van der Waals surface area contributed by atoms with Crippen LogP contribution in [0.3, 0.4) is 0 Å². The molecule has 0 aliphatic carbocycles. The third kappa shape index (κ3) is 4.18. The van der Waals surface area contributed by atoms with Gasteiger partial charge >= 0.3 is 12.0 Å². The number of carboxylic acids is 1. The van der Waals surface area contributed by atoms with Crippen LogP contribution in [0.4, 0.5) is 4.79 Å². The highest BCUT2D eigenvalue weighted by Gasteiger charge is 2.35. The predicted octanol–water partition coefficient (Wildman–Crippen LogP) is 0.652. The van der Waals surface area contributed by atoms with Crippen molar-refractivity contribution in [2.45, 2.75) is 45.3 Å². The summed E-state index contributed by atoms with van der Waals surface area (Å²) in [6.45, 7) is 6.17. The Morgan fingerprint density at radius 2 is 2.06 bits per heavy atom. The molecule has 1 rings (SSSR count). The molecule has 0 aromatic carbocycles. The highest BCUT2D eigenvalue weighted by atomic mass is 16.4. The van der Waals surface area contributed by atoms with E-state index in [0.717, 1.165) is 0 Å². The van der Waals surface area contributed by atoms with E-state index in [1.165, 1.54) is 4.90 Å². The van der Waals surface area contributed by atoms with Crippen LogP contribution in [0.5, 0.6) is 0 Å². The van der Waals surface area contributed by atoms with Crippen molar-refractivity contribution in [1.29, 1.82) is 0 Å². The summed E-state index contributed by atoms with van der Waals surface area (Å²) < 4.78 is 0. The summed E-state index contributed by atoms with van der Waals surface area (Å²) in [6.07, 6.45) is 0.910. The average molecular weight is 258 g/mol. The fourth-order valence-electron chi connectivity index (χ4n) is 2.05. The molecule has 6 heteroatoms. The second kappa shape index (κ2) is 5.56. The third-order valence-electron chi connectivity index (χ3n) is 3.04. The lowest BCUT2D eigenvalue weighted by Gasteiger charge is -2.23. The number of carboxylic acid groups (broad SMARTS) is 1. The molecule has 1 aliphatic heterocycles. The van der Waals surface area contributed by atoms with Crippen molar-refractivity contribution >= 4 is 12.0 Å². The molecular weight excluding hydrogens is 236 g/mol. The molecule has 2 amide bonds. The summed E-state index contributed by atoms with van der Waals surface area (Å²) in [5, 5.41) is 21.3. The van der Waals surface area contributed by atoms with Gasteiger partial charge in [-0.2, -0.15) is 0 Å². The zero-order valence-corrected chi connectivity index (χ0v) is 11.1. The number of amides is 2. The van der Waals surface area contributed by atoms with Gasteiger partial charge in [0.25, 0.3) is 0 Å². The Morgan fingerprint density at radius 1 is 1.44 bits per heavy atom. The first-order chi connectivity index (χ1) is 8.21. The van der Waals surface area contributed by atoms with Crippen molar-refractivity contribution in [3.05, 3.63) is 0 Å². The van der Waals surface area contributed by atoms with E-state index in [-0.39, 0.29) is 12.5 Å². The van der Waals surface area contributed by atoms with Crippen LogP contribution >= 0.6 is 0 Å². The van der Waals surface area contributed by atoms with Crippen LogP contribution < -0.4 is 5.32 Å². The Morgan fingerprint density at radius 3 is 2.44 bits per heavy atom.